The van der Waals surface area contributed by atoms with Gasteiger partial charge >= 0.3 is 25.6 Å². The first-order valence-electron chi connectivity index (χ1n) is 5.92. The van der Waals surface area contributed by atoms with Crippen molar-refractivity contribution in [2.24, 2.45) is 15.0 Å². The molecule has 0 fully saturated rings. The topological polar surface area (TPSA) is 92.5 Å². The minimum absolute atomic E-state index is 0.0993. The smallest absolute Gasteiger partial charge is 0.450 e. The van der Waals surface area contributed by atoms with E-state index in [0.29, 0.717) is 39.5 Å². The predicted molar refractivity (Wildman–Crippen MR) is 63.8 cm³/mol. The zero-order chi connectivity index (χ0) is 12.9. The van der Waals surface area contributed by atoms with Crippen LogP contribution in [0.2, 0.25) is 0 Å². The summed E-state index contributed by atoms with van der Waals surface area (Å²) >= 11 is 0. The summed E-state index contributed by atoms with van der Waals surface area (Å²) in [6.45, 7) is 3.02. The van der Waals surface area contributed by atoms with Gasteiger partial charge in [0.15, 0.2) is 0 Å². The maximum absolute atomic E-state index is 5.30. The molecule has 0 aliphatic carbocycles. The lowest BCUT2D eigenvalue weighted by Gasteiger charge is -2.14. The normalized spacial score (nSPS) is 20.5. The Bertz CT molecular complexity index is 364. The van der Waals surface area contributed by atoms with Gasteiger partial charge in [0.1, 0.15) is 19.8 Å². The van der Waals surface area contributed by atoms with Gasteiger partial charge in [-0.3, -0.25) is 0 Å². The molecule has 0 saturated heterocycles. The number of hydrogen-bond donors (Lipinski definition) is 0. The lowest BCUT2D eigenvalue weighted by Crippen LogP contribution is -2.35. The fourth-order valence-electron chi connectivity index (χ4n) is 1.48. The van der Waals surface area contributed by atoms with E-state index < -0.39 is 7.32 Å². The van der Waals surface area contributed by atoms with Crippen LogP contribution in [-0.4, -0.2) is 65.0 Å². The van der Waals surface area contributed by atoms with E-state index in [1.54, 1.807) is 0 Å². The average molecular weight is 269 g/mol. The highest BCUT2D eigenvalue weighted by molar-refractivity contribution is 6.43. The second-order valence-corrected chi connectivity index (χ2v) is 3.63. The van der Waals surface area contributed by atoms with Gasteiger partial charge in [-0.05, 0) is 0 Å². The predicted octanol–water partition coefficient (Wildman–Crippen LogP) is -0.820. The zero-order valence-corrected chi connectivity index (χ0v) is 10.1. The minimum atomic E-state index is -1.16. The van der Waals surface area contributed by atoms with Crippen molar-refractivity contribution in [2.45, 2.75) is 0 Å². The van der Waals surface area contributed by atoms with Gasteiger partial charge in [-0.25, -0.2) is 15.0 Å². The second kappa shape index (κ2) is 5.68. The van der Waals surface area contributed by atoms with Gasteiger partial charge in [0, 0.05) is 0 Å². The summed E-state index contributed by atoms with van der Waals surface area (Å²) in [5.74, 6) is 0. The van der Waals surface area contributed by atoms with E-state index in [-0.39, 0.29) is 18.3 Å². The van der Waals surface area contributed by atoms with Crippen LogP contribution in [0.5, 0.6) is 0 Å². The minimum Gasteiger partial charge on any atom is -0.450 e. The summed E-state index contributed by atoms with van der Waals surface area (Å²) in [6.07, 6.45) is 0.298. The van der Waals surface area contributed by atoms with Crippen LogP contribution in [0.3, 0.4) is 0 Å². The molecule has 9 nitrogen and oxygen atoms in total. The lowest BCUT2D eigenvalue weighted by atomic mass is 10.2. The third kappa shape index (κ3) is 3.21. The molecule has 0 spiro atoms. The molecule has 0 aromatic carbocycles. The van der Waals surface area contributed by atoms with Crippen LogP contribution in [0, 0.1) is 0 Å². The van der Waals surface area contributed by atoms with Crippen molar-refractivity contribution >= 4 is 25.6 Å². The van der Waals surface area contributed by atoms with E-state index in [2.05, 4.69) is 15.0 Å². The first-order chi connectivity index (χ1) is 9.40. The first-order valence-corrected chi connectivity index (χ1v) is 5.92. The summed E-state index contributed by atoms with van der Waals surface area (Å²) < 4.78 is 31.2. The fraction of sp³-hybridized carbons (Fsp3) is 0.667. The van der Waals surface area contributed by atoms with Crippen LogP contribution < -0.4 is 0 Å². The lowest BCUT2D eigenvalue weighted by molar-refractivity contribution is 0.169. The second-order valence-electron chi connectivity index (χ2n) is 3.63. The molecule has 3 heterocycles. The fourth-order valence-corrected chi connectivity index (χ4v) is 1.48. The zero-order valence-electron chi connectivity index (χ0n) is 10.1. The Morgan fingerprint density at radius 1 is 0.684 bits per heavy atom. The highest BCUT2D eigenvalue weighted by atomic mass is 16.8. The number of nitrogens with zero attached hydrogens (tertiary/aromatic N) is 3. The standard InChI is InChI=1S/C9H12BN3O6/c1-4-14-7(11-1)17-10(18-8-12-2-5-15-8)19-9-13-3-6-16-9/h1-6H2. The van der Waals surface area contributed by atoms with Crippen LogP contribution >= 0.6 is 0 Å². The maximum atomic E-state index is 5.30. The average Bonchev–Trinajstić information content (AvgIpc) is 3.10. The molecule has 0 unspecified atom stereocenters. The quantitative estimate of drug-likeness (QED) is 0.621. The van der Waals surface area contributed by atoms with Gasteiger partial charge < -0.3 is 28.2 Å². The van der Waals surface area contributed by atoms with Crippen molar-refractivity contribution in [1.29, 1.82) is 0 Å². The number of aliphatic imine (C=N–C) groups is 3. The first kappa shape index (κ1) is 11.9. The highest BCUT2D eigenvalue weighted by Crippen LogP contribution is 2.07. The molecular weight excluding hydrogens is 257 g/mol. The van der Waals surface area contributed by atoms with E-state index >= 15 is 0 Å². The monoisotopic (exact) mass is 269 g/mol. The maximum Gasteiger partial charge on any atom is 0.873 e. The number of ether oxygens (including phenoxy) is 3. The number of rotatable bonds is 3. The van der Waals surface area contributed by atoms with Gasteiger partial charge in [0.2, 0.25) is 0 Å². The summed E-state index contributed by atoms with van der Waals surface area (Å²) in [6, 6.07) is 0. The van der Waals surface area contributed by atoms with Gasteiger partial charge in [-0.2, -0.15) is 0 Å². The number of hydrogen-bond acceptors (Lipinski definition) is 9. The Labute approximate surface area is 109 Å². The van der Waals surface area contributed by atoms with Gasteiger partial charge in [-0.15, -0.1) is 0 Å². The van der Waals surface area contributed by atoms with Crippen LogP contribution in [0.15, 0.2) is 15.0 Å². The molecule has 3 rings (SSSR count). The van der Waals surface area contributed by atoms with E-state index in [9.17, 15) is 0 Å². The molecular formula is C9H12BN3O6. The van der Waals surface area contributed by atoms with E-state index in [1.165, 1.54) is 0 Å². The van der Waals surface area contributed by atoms with Crippen LogP contribution in [0.25, 0.3) is 0 Å². The summed E-state index contributed by atoms with van der Waals surface area (Å²) in [7, 11) is -1.16. The summed E-state index contributed by atoms with van der Waals surface area (Å²) in [5.41, 5.74) is 0. The summed E-state index contributed by atoms with van der Waals surface area (Å²) in [4.78, 5) is 11.9. The Kier molecular flexibility index (Phi) is 3.57. The summed E-state index contributed by atoms with van der Waals surface area (Å²) in [5, 5.41) is 0. The van der Waals surface area contributed by atoms with E-state index in [1.807, 2.05) is 0 Å². The third-order valence-electron chi connectivity index (χ3n) is 2.26. The molecule has 19 heavy (non-hydrogen) atoms. The Morgan fingerprint density at radius 3 is 1.32 bits per heavy atom. The third-order valence-corrected chi connectivity index (χ3v) is 2.26. The van der Waals surface area contributed by atoms with Crippen molar-refractivity contribution in [1.82, 2.24) is 0 Å². The molecule has 3 aliphatic rings. The van der Waals surface area contributed by atoms with Crippen molar-refractivity contribution in [3.8, 4) is 0 Å². The molecule has 0 bridgehead atoms. The Hall–Kier alpha value is -2.13. The molecule has 0 radical (unpaired) electrons. The Morgan fingerprint density at radius 2 is 1.05 bits per heavy atom. The Balaban J connectivity index is 1.59. The molecule has 0 aromatic rings. The molecule has 0 N–H and O–H groups in total. The van der Waals surface area contributed by atoms with Crippen molar-refractivity contribution < 1.29 is 28.2 Å². The van der Waals surface area contributed by atoms with Gasteiger partial charge in [-0.1, -0.05) is 0 Å². The molecule has 102 valence electrons. The van der Waals surface area contributed by atoms with Crippen molar-refractivity contribution in [3.63, 3.8) is 0 Å². The van der Waals surface area contributed by atoms with Crippen molar-refractivity contribution in [2.75, 3.05) is 39.5 Å². The molecule has 3 aliphatic heterocycles. The SMILES string of the molecule is C1COC(OB(OC2=NCCO2)OC2=NCCO2)=N1. The molecule has 0 saturated carbocycles. The molecule has 0 amide bonds. The highest BCUT2D eigenvalue weighted by Gasteiger charge is 2.38. The van der Waals surface area contributed by atoms with Crippen LogP contribution in [0.1, 0.15) is 0 Å². The van der Waals surface area contributed by atoms with Gasteiger partial charge in [0.25, 0.3) is 0 Å². The van der Waals surface area contributed by atoms with E-state index in [4.69, 9.17) is 28.2 Å². The molecule has 10 heteroatoms. The van der Waals surface area contributed by atoms with Gasteiger partial charge in [0.05, 0.1) is 19.6 Å². The van der Waals surface area contributed by atoms with E-state index in [0.717, 1.165) is 0 Å². The van der Waals surface area contributed by atoms with Crippen molar-refractivity contribution in [3.05, 3.63) is 0 Å². The molecule has 0 atom stereocenters. The van der Waals surface area contributed by atoms with Crippen LogP contribution in [0.4, 0.5) is 0 Å². The largest absolute Gasteiger partial charge is 0.873 e. The van der Waals surface area contributed by atoms with Crippen LogP contribution in [-0.2, 0) is 28.2 Å². The molecule has 0 aromatic heterocycles.